The van der Waals surface area contributed by atoms with Gasteiger partial charge < -0.3 is 15.0 Å². The number of hydrogen-bond acceptors (Lipinski definition) is 5. The smallest absolute Gasteiger partial charge is 0.190 e. The molecule has 1 atom stereocenters. The van der Waals surface area contributed by atoms with Crippen LogP contribution in [0.5, 0.6) is 0 Å². The third-order valence-corrected chi connectivity index (χ3v) is 4.06. The maximum absolute atomic E-state index is 5.55. The zero-order valence-electron chi connectivity index (χ0n) is 9.56. The van der Waals surface area contributed by atoms with Crippen LogP contribution in [0.1, 0.15) is 18.7 Å². The first-order chi connectivity index (χ1) is 7.81. The van der Waals surface area contributed by atoms with Crippen molar-refractivity contribution in [1.29, 1.82) is 0 Å². The Balaban J connectivity index is 1.86. The third-order valence-electron chi connectivity index (χ3n) is 2.81. The lowest BCUT2D eigenvalue weighted by Crippen LogP contribution is -2.19. The van der Waals surface area contributed by atoms with Crippen molar-refractivity contribution in [1.82, 2.24) is 14.8 Å². The molecule has 6 heteroatoms. The van der Waals surface area contributed by atoms with Gasteiger partial charge in [0, 0.05) is 19.4 Å². The summed E-state index contributed by atoms with van der Waals surface area (Å²) in [5, 5.41) is 9.11. The fraction of sp³-hybridized carbons (Fsp3) is 0.800. The van der Waals surface area contributed by atoms with Gasteiger partial charge in [-0.15, -0.1) is 10.2 Å². The van der Waals surface area contributed by atoms with Gasteiger partial charge in [-0.3, -0.25) is 0 Å². The molecule has 1 aliphatic rings. The normalized spacial score (nSPS) is 21.2. The van der Waals surface area contributed by atoms with Gasteiger partial charge in [-0.1, -0.05) is 11.8 Å². The fourth-order valence-corrected chi connectivity index (χ4v) is 2.82. The summed E-state index contributed by atoms with van der Waals surface area (Å²) in [6.07, 6.45) is 2.44. The second-order valence-electron chi connectivity index (χ2n) is 4.06. The van der Waals surface area contributed by atoms with Gasteiger partial charge in [0.1, 0.15) is 5.82 Å². The first kappa shape index (κ1) is 11.9. The zero-order chi connectivity index (χ0) is 11.4. The topological polar surface area (TPSA) is 66.0 Å². The van der Waals surface area contributed by atoms with E-state index in [4.69, 9.17) is 10.5 Å². The van der Waals surface area contributed by atoms with Gasteiger partial charge in [0.25, 0.3) is 0 Å². The van der Waals surface area contributed by atoms with Crippen LogP contribution >= 0.6 is 11.8 Å². The van der Waals surface area contributed by atoms with Gasteiger partial charge in [-0.05, 0) is 18.8 Å². The Kier molecular flexibility index (Phi) is 4.20. The lowest BCUT2D eigenvalue weighted by molar-refractivity contribution is 0.0632. The standard InChI is InChI=1S/C10H18N4OS/c1-14-9(5-11)12-13-10(14)16-7-8-3-2-4-15-6-8/h8H,2-7,11H2,1H3/t8-/m1/s1. The highest BCUT2D eigenvalue weighted by Crippen LogP contribution is 2.23. The highest BCUT2D eigenvalue weighted by Gasteiger charge is 2.16. The van der Waals surface area contributed by atoms with E-state index < -0.39 is 0 Å². The predicted octanol–water partition coefficient (Wildman–Crippen LogP) is 0.792. The Bertz CT molecular complexity index is 336. The van der Waals surface area contributed by atoms with E-state index in [0.717, 1.165) is 29.9 Å². The van der Waals surface area contributed by atoms with Gasteiger partial charge in [0.15, 0.2) is 5.16 Å². The summed E-state index contributed by atoms with van der Waals surface area (Å²) in [7, 11) is 1.96. The molecule has 2 rings (SSSR count). The highest BCUT2D eigenvalue weighted by molar-refractivity contribution is 7.99. The molecule has 0 radical (unpaired) electrons. The molecule has 0 unspecified atom stereocenters. The minimum atomic E-state index is 0.441. The molecular formula is C10H18N4OS. The molecule has 0 bridgehead atoms. The van der Waals surface area contributed by atoms with Crippen molar-refractivity contribution < 1.29 is 4.74 Å². The average Bonchev–Trinajstić information content (AvgIpc) is 2.69. The monoisotopic (exact) mass is 242 g/mol. The minimum absolute atomic E-state index is 0.441. The van der Waals surface area contributed by atoms with Gasteiger partial charge in [-0.2, -0.15) is 0 Å². The van der Waals surface area contributed by atoms with Crippen LogP contribution in [0.25, 0.3) is 0 Å². The number of nitrogens with zero attached hydrogens (tertiary/aromatic N) is 3. The summed E-state index contributed by atoms with van der Waals surface area (Å²) >= 11 is 1.74. The lowest BCUT2D eigenvalue weighted by Gasteiger charge is -2.21. The molecule has 0 aliphatic carbocycles. The SMILES string of the molecule is Cn1c(CN)nnc1SC[C@@H]1CCCOC1. The third kappa shape index (κ3) is 2.75. The quantitative estimate of drug-likeness (QED) is 0.791. The molecule has 5 nitrogen and oxygen atoms in total. The summed E-state index contributed by atoms with van der Waals surface area (Å²) in [5.41, 5.74) is 5.55. The molecule has 1 aromatic heterocycles. The van der Waals surface area contributed by atoms with E-state index in [2.05, 4.69) is 10.2 Å². The molecule has 1 saturated heterocycles. The Labute approximate surface area is 99.7 Å². The fourth-order valence-electron chi connectivity index (χ4n) is 1.78. The molecule has 0 spiro atoms. The van der Waals surface area contributed by atoms with Crippen LogP contribution in [0.15, 0.2) is 5.16 Å². The highest BCUT2D eigenvalue weighted by atomic mass is 32.2. The van der Waals surface area contributed by atoms with Crippen molar-refractivity contribution in [2.45, 2.75) is 24.5 Å². The molecule has 1 aliphatic heterocycles. The number of aromatic nitrogens is 3. The summed E-state index contributed by atoms with van der Waals surface area (Å²) in [6, 6.07) is 0. The molecule has 2 N–H and O–H groups in total. The van der Waals surface area contributed by atoms with Crippen LogP contribution in [0, 0.1) is 5.92 Å². The van der Waals surface area contributed by atoms with Crippen LogP contribution in [-0.4, -0.2) is 33.7 Å². The van der Waals surface area contributed by atoms with Crippen LogP contribution in [0.3, 0.4) is 0 Å². The molecule has 0 saturated carbocycles. The van der Waals surface area contributed by atoms with Crippen LogP contribution in [-0.2, 0) is 18.3 Å². The number of nitrogens with two attached hydrogens (primary N) is 1. The van der Waals surface area contributed by atoms with Gasteiger partial charge in [0.2, 0.25) is 0 Å². The molecule has 0 aromatic carbocycles. The predicted molar refractivity (Wildman–Crippen MR) is 63.2 cm³/mol. The van der Waals surface area contributed by atoms with Gasteiger partial charge in [-0.25, -0.2) is 0 Å². The molecule has 16 heavy (non-hydrogen) atoms. The molecule has 1 aromatic rings. The maximum atomic E-state index is 5.55. The number of ether oxygens (including phenoxy) is 1. The number of hydrogen-bond donors (Lipinski definition) is 1. The van der Waals surface area contributed by atoms with Crippen LogP contribution in [0.2, 0.25) is 0 Å². The zero-order valence-corrected chi connectivity index (χ0v) is 10.4. The van der Waals surface area contributed by atoms with E-state index in [-0.39, 0.29) is 0 Å². The Morgan fingerprint density at radius 2 is 2.44 bits per heavy atom. The summed E-state index contributed by atoms with van der Waals surface area (Å²) in [5.74, 6) is 2.54. The molecule has 90 valence electrons. The Morgan fingerprint density at radius 3 is 3.06 bits per heavy atom. The largest absolute Gasteiger partial charge is 0.381 e. The van der Waals surface area contributed by atoms with Crippen molar-refractivity contribution in [3.8, 4) is 0 Å². The lowest BCUT2D eigenvalue weighted by atomic mass is 10.1. The maximum Gasteiger partial charge on any atom is 0.190 e. The van der Waals surface area contributed by atoms with Crippen molar-refractivity contribution in [3.05, 3.63) is 5.82 Å². The molecular weight excluding hydrogens is 224 g/mol. The van der Waals surface area contributed by atoms with Gasteiger partial charge >= 0.3 is 0 Å². The molecule has 0 amide bonds. The van der Waals surface area contributed by atoms with E-state index in [0.29, 0.717) is 12.5 Å². The summed E-state index contributed by atoms with van der Waals surface area (Å²) in [6.45, 7) is 2.24. The number of rotatable bonds is 4. The first-order valence-corrected chi connectivity index (χ1v) is 6.58. The summed E-state index contributed by atoms with van der Waals surface area (Å²) in [4.78, 5) is 0. The van der Waals surface area contributed by atoms with Crippen LogP contribution < -0.4 is 5.73 Å². The minimum Gasteiger partial charge on any atom is -0.381 e. The van der Waals surface area contributed by atoms with Crippen molar-refractivity contribution >= 4 is 11.8 Å². The van der Waals surface area contributed by atoms with E-state index in [1.807, 2.05) is 11.6 Å². The van der Waals surface area contributed by atoms with E-state index in [1.54, 1.807) is 11.8 Å². The Hall–Kier alpha value is -0.590. The molecule has 1 fully saturated rings. The first-order valence-electron chi connectivity index (χ1n) is 5.60. The van der Waals surface area contributed by atoms with Gasteiger partial charge in [0.05, 0.1) is 13.2 Å². The van der Waals surface area contributed by atoms with Crippen molar-refractivity contribution in [3.63, 3.8) is 0 Å². The van der Waals surface area contributed by atoms with E-state index >= 15 is 0 Å². The number of thioether (sulfide) groups is 1. The van der Waals surface area contributed by atoms with Crippen LogP contribution in [0.4, 0.5) is 0 Å². The summed E-state index contributed by atoms with van der Waals surface area (Å²) < 4.78 is 7.42. The van der Waals surface area contributed by atoms with Crippen molar-refractivity contribution in [2.24, 2.45) is 18.7 Å². The van der Waals surface area contributed by atoms with E-state index in [1.165, 1.54) is 12.8 Å². The Morgan fingerprint density at radius 1 is 1.56 bits per heavy atom. The average molecular weight is 242 g/mol. The second-order valence-corrected chi connectivity index (χ2v) is 5.04. The van der Waals surface area contributed by atoms with E-state index in [9.17, 15) is 0 Å². The van der Waals surface area contributed by atoms with Crippen molar-refractivity contribution in [2.75, 3.05) is 19.0 Å². The molecule has 2 heterocycles. The second kappa shape index (κ2) is 5.65.